The Morgan fingerprint density at radius 1 is 0.978 bits per heavy atom. The summed E-state index contributed by atoms with van der Waals surface area (Å²) in [5.41, 5.74) is -6.39. The molecular formula is C29H28F6N4O7. The van der Waals surface area contributed by atoms with Crippen LogP contribution >= 0.6 is 0 Å². The van der Waals surface area contributed by atoms with Crippen molar-refractivity contribution < 1.29 is 55.1 Å². The lowest BCUT2D eigenvalue weighted by atomic mass is 10.0. The summed E-state index contributed by atoms with van der Waals surface area (Å²) in [4.78, 5) is 40.7. The second-order valence-electron chi connectivity index (χ2n) is 10.5. The molecule has 1 N–H and O–H groups in total. The highest BCUT2D eigenvalue weighted by Gasteiger charge is 2.39. The lowest BCUT2D eigenvalue weighted by molar-refractivity contribution is -0.384. The summed E-state index contributed by atoms with van der Waals surface area (Å²) >= 11 is 0. The highest BCUT2D eigenvalue weighted by Crippen LogP contribution is 2.40. The number of methoxy groups -OCH3 is 2. The third-order valence-electron chi connectivity index (χ3n) is 6.21. The highest BCUT2D eigenvalue weighted by molar-refractivity contribution is 5.91. The molecule has 0 radical (unpaired) electrons. The van der Waals surface area contributed by atoms with E-state index in [-0.39, 0.29) is 12.3 Å². The molecule has 0 aliphatic heterocycles. The van der Waals surface area contributed by atoms with E-state index in [4.69, 9.17) is 9.47 Å². The fourth-order valence-electron chi connectivity index (χ4n) is 4.22. The zero-order chi connectivity index (χ0) is 34.6. The Kier molecular flexibility index (Phi) is 10.7. The fourth-order valence-corrected chi connectivity index (χ4v) is 4.22. The monoisotopic (exact) mass is 658 g/mol. The minimum absolute atomic E-state index is 0.0947. The molecule has 17 heteroatoms. The molecule has 0 bridgehead atoms. The molecule has 0 unspecified atom stereocenters. The van der Waals surface area contributed by atoms with Crippen LogP contribution in [0.25, 0.3) is 0 Å². The number of ether oxygens (including phenoxy) is 3. The van der Waals surface area contributed by atoms with Gasteiger partial charge in [0.05, 0.1) is 30.4 Å². The predicted molar refractivity (Wildman–Crippen MR) is 152 cm³/mol. The maximum Gasteiger partial charge on any atom is 0.421 e. The van der Waals surface area contributed by atoms with Gasteiger partial charge in [0.25, 0.3) is 0 Å². The first-order valence-electron chi connectivity index (χ1n) is 13.3. The minimum atomic E-state index is -5.33. The standard InChI is InChI=1S/C29H28F6N4O7/c1-28(2,3)46-27(41)38(25-20(39(42)43)12-13-21(37-25)44-4)14-6-7-15-18(11-9-17(30)23(15)31)36-19-10-8-16(26(40)45-5)24(32)22(19)29(33,34)35/h8-13,36H,6-7,14H2,1-5H3. The zero-order valence-corrected chi connectivity index (χ0v) is 25.1. The van der Waals surface area contributed by atoms with Crippen molar-refractivity contribution in [2.24, 2.45) is 0 Å². The Labute approximate surface area is 258 Å². The summed E-state index contributed by atoms with van der Waals surface area (Å²) in [7, 11) is 2.08. The smallest absolute Gasteiger partial charge is 0.421 e. The average molecular weight is 659 g/mol. The summed E-state index contributed by atoms with van der Waals surface area (Å²) in [6, 6.07) is 5.22. The van der Waals surface area contributed by atoms with E-state index in [1.807, 2.05) is 0 Å². The van der Waals surface area contributed by atoms with Gasteiger partial charge in [0.1, 0.15) is 11.2 Å². The molecule has 0 saturated carbocycles. The second-order valence-corrected chi connectivity index (χ2v) is 10.5. The number of pyridine rings is 1. The Balaban J connectivity index is 2.03. The van der Waals surface area contributed by atoms with Gasteiger partial charge in [-0.2, -0.15) is 18.2 Å². The van der Waals surface area contributed by atoms with Gasteiger partial charge in [-0.05, 0) is 57.9 Å². The lowest BCUT2D eigenvalue weighted by Crippen LogP contribution is -2.38. The van der Waals surface area contributed by atoms with Crippen LogP contribution in [0.15, 0.2) is 36.4 Å². The van der Waals surface area contributed by atoms with Gasteiger partial charge in [-0.25, -0.2) is 22.8 Å². The molecule has 0 aliphatic carbocycles. The largest absolute Gasteiger partial charge is 0.481 e. The SMILES string of the molecule is COC(=O)c1ccc(Nc2ccc(F)c(F)c2CCCN(C(=O)OC(C)(C)C)c2nc(OC)ccc2[N+](=O)[O-])c(C(F)(F)F)c1F. The van der Waals surface area contributed by atoms with Gasteiger partial charge in [0.2, 0.25) is 11.7 Å². The molecule has 0 saturated heterocycles. The van der Waals surface area contributed by atoms with Gasteiger partial charge in [0, 0.05) is 29.9 Å². The molecule has 1 amide bonds. The van der Waals surface area contributed by atoms with Crippen LogP contribution < -0.4 is 15.0 Å². The number of nitro groups is 1. The maximum absolute atomic E-state index is 15.1. The first kappa shape index (κ1) is 35.4. The Morgan fingerprint density at radius 2 is 1.63 bits per heavy atom. The van der Waals surface area contributed by atoms with Crippen molar-refractivity contribution in [1.82, 2.24) is 4.98 Å². The number of carbonyl (C=O) groups excluding carboxylic acids is 2. The molecule has 0 aliphatic rings. The van der Waals surface area contributed by atoms with E-state index in [0.717, 1.165) is 36.3 Å². The number of nitrogens with one attached hydrogen (secondary N) is 1. The lowest BCUT2D eigenvalue weighted by Gasteiger charge is -2.27. The molecule has 0 atom stereocenters. The van der Waals surface area contributed by atoms with Crippen LogP contribution in [-0.4, -0.2) is 48.3 Å². The molecule has 3 rings (SSSR count). The van der Waals surface area contributed by atoms with Gasteiger partial charge < -0.3 is 19.5 Å². The quantitative estimate of drug-likeness (QED) is 0.103. The normalized spacial score (nSPS) is 11.5. The predicted octanol–water partition coefficient (Wildman–Crippen LogP) is 7.34. The second kappa shape index (κ2) is 13.9. The van der Waals surface area contributed by atoms with Crippen molar-refractivity contribution in [1.29, 1.82) is 0 Å². The van der Waals surface area contributed by atoms with Gasteiger partial charge in [0.15, 0.2) is 17.5 Å². The van der Waals surface area contributed by atoms with E-state index in [1.54, 1.807) is 0 Å². The number of hydrogen-bond donors (Lipinski definition) is 1. The Morgan fingerprint density at radius 3 is 2.20 bits per heavy atom. The van der Waals surface area contributed by atoms with Crippen LogP contribution in [-0.2, 0) is 22.1 Å². The maximum atomic E-state index is 15.1. The molecule has 1 heterocycles. The van der Waals surface area contributed by atoms with Crippen molar-refractivity contribution in [3.8, 4) is 5.88 Å². The van der Waals surface area contributed by atoms with E-state index < -0.39 is 98.8 Å². The van der Waals surface area contributed by atoms with Gasteiger partial charge in [-0.1, -0.05) is 0 Å². The van der Waals surface area contributed by atoms with Gasteiger partial charge in [-0.3, -0.25) is 15.0 Å². The van der Waals surface area contributed by atoms with Crippen molar-refractivity contribution in [2.75, 3.05) is 31.0 Å². The molecule has 1 aromatic heterocycles. The first-order valence-corrected chi connectivity index (χ1v) is 13.3. The molecular weight excluding hydrogens is 630 g/mol. The molecule has 46 heavy (non-hydrogen) atoms. The minimum Gasteiger partial charge on any atom is -0.481 e. The average Bonchev–Trinajstić information content (AvgIpc) is 2.96. The summed E-state index contributed by atoms with van der Waals surface area (Å²) in [5, 5.41) is 14.0. The van der Waals surface area contributed by atoms with Crippen molar-refractivity contribution in [2.45, 2.75) is 45.4 Å². The number of rotatable bonds is 10. The number of aromatic nitrogens is 1. The Hall–Kier alpha value is -5.09. The number of hydrogen-bond acceptors (Lipinski definition) is 9. The highest BCUT2D eigenvalue weighted by atomic mass is 19.4. The van der Waals surface area contributed by atoms with Crippen LogP contribution in [0, 0.1) is 27.6 Å². The number of benzene rings is 2. The topological polar surface area (TPSA) is 133 Å². The van der Waals surface area contributed by atoms with Crippen LogP contribution in [0.1, 0.15) is 48.7 Å². The fraction of sp³-hybridized carbons (Fsp3) is 0.345. The van der Waals surface area contributed by atoms with Gasteiger partial charge in [-0.15, -0.1) is 0 Å². The third-order valence-corrected chi connectivity index (χ3v) is 6.21. The van der Waals surface area contributed by atoms with Crippen molar-refractivity contribution in [3.05, 3.63) is 80.7 Å². The number of anilines is 3. The van der Waals surface area contributed by atoms with E-state index in [2.05, 4.69) is 15.0 Å². The molecule has 0 fully saturated rings. The number of esters is 1. The van der Waals surface area contributed by atoms with E-state index >= 15 is 4.39 Å². The number of amides is 1. The number of halogens is 6. The van der Waals surface area contributed by atoms with Crippen LogP contribution in [0.4, 0.5) is 54.0 Å². The summed E-state index contributed by atoms with van der Waals surface area (Å²) < 4.78 is 101. The van der Waals surface area contributed by atoms with E-state index in [9.17, 15) is 41.7 Å². The summed E-state index contributed by atoms with van der Waals surface area (Å²) in [6.07, 6.45) is -7.12. The van der Waals surface area contributed by atoms with E-state index in [0.29, 0.717) is 6.07 Å². The number of carbonyl (C=O) groups is 2. The Bertz CT molecular complexity index is 1640. The molecule has 2 aromatic carbocycles. The number of nitrogens with zero attached hydrogens (tertiary/aromatic N) is 3. The van der Waals surface area contributed by atoms with Gasteiger partial charge >= 0.3 is 23.9 Å². The molecule has 248 valence electrons. The first-order chi connectivity index (χ1) is 21.4. The molecule has 3 aromatic rings. The van der Waals surface area contributed by atoms with Crippen LogP contribution in [0.5, 0.6) is 5.88 Å². The zero-order valence-electron chi connectivity index (χ0n) is 25.1. The molecule has 11 nitrogen and oxygen atoms in total. The van der Waals surface area contributed by atoms with Crippen LogP contribution in [0.3, 0.4) is 0 Å². The van der Waals surface area contributed by atoms with Crippen LogP contribution in [0.2, 0.25) is 0 Å². The third kappa shape index (κ3) is 8.13. The van der Waals surface area contributed by atoms with Crippen molar-refractivity contribution in [3.63, 3.8) is 0 Å². The summed E-state index contributed by atoms with van der Waals surface area (Å²) in [6.45, 7) is 4.17. The van der Waals surface area contributed by atoms with E-state index in [1.165, 1.54) is 33.9 Å². The van der Waals surface area contributed by atoms with Crippen molar-refractivity contribution >= 4 is 34.9 Å². The summed E-state index contributed by atoms with van der Waals surface area (Å²) in [5.74, 6) is -6.72. The number of alkyl halides is 3. The molecule has 0 spiro atoms.